The summed E-state index contributed by atoms with van der Waals surface area (Å²) in [5.74, 6) is 0.633. The standard InChI is InChI=1S/C18H32N2O3/c1-18(2,3)23-12-14-8-11-20-15(6-7-16(14)20)13-22-17(21)19-9-4-5-10-19/h14-16H,4-13H2,1-3H3/t14-,15+,16?/m0/s1. The second-order valence-corrected chi connectivity index (χ2v) is 8.28. The molecule has 0 aromatic carbocycles. The minimum atomic E-state index is -0.113. The van der Waals surface area contributed by atoms with Gasteiger partial charge in [0, 0.05) is 25.2 Å². The molecule has 0 saturated carbocycles. The lowest BCUT2D eigenvalue weighted by Crippen LogP contribution is -2.39. The molecule has 3 rings (SSSR count). The van der Waals surface area contributed by atoms with Gasteiger partial charge in [-0.05, 0) is 65.3 Å². The van der Waals surface area contributed by atoms with Gasteiger partial charge in [-0.3, -0.25) is 4.90 Å². The fourth-order valence-electron chi connectivity index (χ4n) is 4.22. The Bertz CT molecular complexity index is 415. The van der Waals surface area contributed by atoms with E-state index in [0.29, 0.717) is 24.6 Å². The number of ether oxygens (including phenoxy) is 2. The highest BCUT2D eigenvalue weighted by molar-refractivity contribution is 5.67. The van der Waals surface area contributed by atoms with Crippen molar-refractivity contribution < 1.29 is 14.3 Å². The fraction of sp³-hybridized carbons (Fsp3) is 0.944. The zero-order valence-corrected chi connectivity index (χ0v) is 14.9. The van der Waals surface area contributed by atoms with Gasteiger partial charge in [0.1, 0.15) is 6.61 Å². The van der Waals surface area contributed by atoms with Crippen molar-refractivity contribution in [1.82, 2.24) is 9.80 Å². The third kappa shape index (κ3) is 4.18. The number of amides is 1. The van der Waals surface area contributed by atoms with Gasteiger partial charge < -0.3 is 14.4 Å². The number of rotatable bonds is 4. The highest BCUT2D eigenvalue weighted by Crippen LogP contribution is 2.37. The molecule has 3 fully saturated rings. The van der Waals surface area contributed by atoms with Crippen LogP contribution in [-0.4, -0.2) is 66.4 Å². The molecular weight excluding hydrogens is 292 g/mol. The first-order valence-electron chi connectivity index (χ1n) is 9.25. The number of hydrogen-bond donors (Lipinski definition) is 0. The van der Waals surface area contributed by atoms with E-state index in [1.165, 1.54) is 12.8 Å². The molecule has 3 heterocycles. The van der Waals surface area contributed by atoms with Crippen molar-refractivity contribution in [2.75, 3.05) is 32.8 Å². The molecule has 0 radical (unpaired) electrons. The first-order chi connectivity index (χ1) is 10.9. The highest BCUT2D eigenvalue weighted by atomic mass is 16.6. The van der Waals surface area contributed by atoms with Crippen LogP contribution < -0.4 is 0 Å². The van der Waals surface area contributed by atoms with Gasteiger partial charge in [0.25, 0.3) is 0 Å². The molecule has 0 aromatic heterocycles. The summed E-state index contributed by atoms with van der Waals surface area (Å²) in [6.45, 7) is 10.6. The van der Waals surface area contributed by atoms with E-state index in [9.17, 15) is 4.79 Å². The Labute approximate surface area is 140 Å². The number of fused-ring (bicyclic) bond motifs is 1. The lowest BCUT2D eigenvalue weighted by atomic mass is 9.99. The smallest absolute Gasteiger partial charge is 0.409 e. The quantitative estimate of drug-likeness (QED) is 0.797. The van der Waals surface area contributed by atoms with E-state index < -0.39 is 0 Å². The Balaban J connectivity index is 1.44. The van der Waals surface area contributed by atoms with Crippen LogP contribution in [0.15, 0.2) is 0 Å². The SMILES string of the molecule is CC(C)(C)OC[C@@H]1CCN2C1CC[C@@H]2COC(=O)N1CCCC1. The molecule has 23 heavy (non-hydrogen) atoms. The van der Waals surface area contributed by atoms with Gasteiger partial charge in [-0.25, -0.2) is 4.79 Å². The average molecular weight is 324 g/mol. The monoisotopic (exact) mass is 324 g/mol. The van der Waals surface area contributed by atoms with Crippen LogP contribution in [-0.2, 0) is 9.47 Å². The summed E-state index contributed by atoms with van der Waals surface area (Å²) in [4.78, 5) is 16.4. The van der Waals surface area contributed by atoms with E-state index in [0.717, 1.165) is 45.5 Å². The van der Waals surface area contributed by atoms with Gasteiger partial charge in [-0.2, -0.15) is 0 Å². The molecule has 0 aliphatic carbocycles. The topological polar surface area (TPSA) is 42.0 Å². The van der Waals surface area contributed by atoms with Gasteiger partial charge in [-0.1, -0.05) is 0 Å². The van der Waals surface area contributed by atoms with Crippen LogP contribution in [0.1, 0.15) is 52.9 Å². The van der Waals surface area contributed by atoms with Crippen LogP contribution in [0.3, 0.4) is 0 Å². The summed E-state index contributed by atoms with van der Waals surface area (Å²) in [7, 11) is 0. The molecule has 3 saturated heterocycles. The lowest BCUT2D eigenvalue weighted by Gasteiger charge is -2.27. The summed E-state index contributed by atoms with van der Waals surface area (Å²) in [6, 6.07) is 1.03. The van der Waals surface area contributed by atoms with Crippen molar-refractivity contribution in [2.45, 2.75) is 70.6 Å². The highest BCUT2D eigenvalue weighted by Gasteiger charge is 2.43. The van der Waals surface area contributed by atoms with E-state index in [2.05, 4.69) is 25.7 Å². The molecule has 132 valence electrons. The minimum Gasteiger partial charge on any atom is -0.448 e. The number of hydrogen-bond acceptors (Lipinski definition) is 4. The second kappa shape index (κ2) is 6.98. The summed E-state index contributed by atoms with van der Waals surface area (Å²) in [5, 5.41) is 0. The molecular formula is C18H32N2O3. The van der Waals surface area contributed by atoms with Crippen molar-refractivity contribution in [3.63, 3.8) is 0 Å². The molecule has 5 heteroatoms. The average Bonchev–Trinajstić information content (AvgIpc) is 3.19. The molecule has 1 amide bonds. The van der Waals surface area contributed by atoms with Crippen molar-refractivity contribution in [2.24, 2.45) is 5.92 Å². The molecule has 3 atom stereocenters. The Morgan fingerprint density at radius 1 is 1.04 bits per heavy atom. The van der Waals surface area contributed by atoms with E-state index in [1.807, 2.05) is 4.90 Å². The fourth-order valence-corrected chi connectivity index (χ4v) is 4.22. The van der Waals surface area contributed by atoms with Crippen LogP contribution in [0.4, 0.5) is 4.79 Å². The van der Waals surface area contributed by atoms with Gasteiger partial charge >= 0.3 is 6.09 Å². The van der Waals surface area contributed by atoms with Gasteiger partial charge in [0.2, 0.25) is 0 Å². The number of carbonyl (C=O) groups excluding carboxylic acids is 1. The first-order valence-corrected chi connectivity index (χ1v) is 9.25. The summed E-state index contributed by atoms with van der Waals surface area (Å²) in [6.07, 6.45) is 5.67. The van der Waals surface area contributed by atoms with Crippen LogP contribution >= 0.6 is 0 Å². The van der Waals surface area contributed by atoms with Gasteiger partial charge in [0.15, 0.2) is 0 Å². The van der Waals surface area contributed by atoms with Crippen LogP contribution in [0, 0.1) is 5.92 Å². The van der Waals surface area contributed by atoms with E-state index in [1.54, 1.807) is 0 Å². The molecule has 0 spiro atoms. The Morgan fingerprint density at radius 2 is 1.78 bits per heavy atom. The van der Waals surface area contributed by atoms with Crippen LogP contribution in [0.25, 0.3) is 0 Å². The maximum absolute atomic E-state index is 12.0. The maximum Gasteiger partial charge on any atom is 0.409 e. The molecule has 5 nitrogen and oxygen atoms in total. The third-order valence-electron chi connectivity index (χ3n) is 5.49. The molecule has 3 aliphatic rings. The van der Waals surface area contributed by atoms with Crippen molar-refractivity contribution in [1.29, 1.82) is 0 Å². The van der Waals surface area contributed by atoms with E-state index in [-0.39, 0.29) is 11.7 Å². The van der Waals surface area contributed by atoms with E-state index in [4.69, 9.17) is 9.47 Å². The van der Waals surface area contributed by atoms with Gasteiger partial charge in [-0.15, -0.1) is 0 Å². The largest absolute Gasteiger partial charge is 0.448 e. The Morgan fingerprint density at radius 3 is 2.48 bits per heavy atom. The zero-order chi connectivity index (χ0) is 16.4. The number of nitrogens with zero attached hydrogens (tertiary/aromatic N) is 2. The normalized spacial score (nSPS) is 31.6. The zero-order valence-electron chi connectivity index (χ0n) is 14.9. The molecule has 3 aliphatic heterocycles. The molecule has 0 aromatic rings. The summed E-state index contributed by atoms with van der Waals surface area (Å²) in [5.41, 5.74) is -0.0588. The first kappa shape index (κ1) is 17.0. The van der Waals surface area contributed by atoms with Crippen molar-refractivity contribution in [3.05, 3.63) is 0 Å². The number of carbonyl (C=O) groups is 1. The Hall–Kier alpha value is -0.810. The maximum atomic E-state index is 12.0. The molecule has 1 unspecified atom stereocenters. The second-order valence-electron chi connectivity index (χ2n) is 8.28. The summed E-state index contributed by atoms with van der Waals surface area (Å²) >= 11 is 0. The van der Waals surface area contributed by atoms with Gasteiger partial charge in [0.05, 0.1) is 12.2 Å². The third-order valence-corrected chi connectivity index (χ3v) is 5.49. The van der Waals surface area contributed by atoms with Crippen molar-refractivity contribution in [3.8, 4) is 0 Å². The van der Waals surface area contributed by atoms with Crippen LogP contribution in [0.5, 0.6) is 0 Å². The Kier molecular flexibility index (Phi) is 5.16. The molecule has 0 bridgehead atoms. The van der Waals surface area contributed by atoms with Crippen LogP contribution in [0.2, 0.25) is 0 Å². The predicted octanol–water partition coefficient (Wildman–Crippen LogP) is 2.89. The number of likely N-dealkylation sites (tertiary alicyclic amines) is 1. The summed E-state index contributed by atoms with van der Waals surface area (Å²) < 4.78 is 11.6. The lowest BCUT2D eigenvalue weighted by molar-refractivity contribution is -0.0268. The van der Waals surface area contributed by atoms with Crippen molar-refractivity contribution >= 4 is 6.09 Å². The van der Waals surface area contributed by atoms with E-state index >= 15 is 0 Å². The minimum absolute atomic E-state index is 0.0588. The molecule has 0 N–H and O–H groups in total. The predicted molar refractivity (Wildman–Crippen MR) is 89.5 cm³/mol.